The third-order valence-electron chi connectivity index (χ3n) is 9.21. The van der Waals surface area contributed by atoms with Gasteiger partial charge in [-0.05, 0) is 90.9 Å². The highest BCUT2D eigenvalue weighted by atomic mass is 16.1. The molecule has 0 saturated carbocycles. The Kier molecular flexibility index (Phi) is 16.5. The van der Waals surface area contributed by atoms with E-state index >= 15 is 0 Å². The third-order valence-corrected chi connectivity index (χ3v) is 9.21. The molecule has 4 unspecified atom stereocenters. The van der Waals surface area contributed by atoms with E-state index in [0.717, 1.165) is 48.8 Å². The molecule has 2 rings (SSSR count). The van der Waals surface area contributed by atoms with Crippen molar-refractivity contribution in [1.29, 1.82) is 0 Å². The van der Waals surface area contributed by atoms with Gasteiger partial charge in [0.1, 0.15) is 17.3 Å². The Balaban J connectivity index is 0.00000309. The van der Waals surface area contributed by atoms with Crippen molar-refractivity contribution in [3.63, 3.8) is 0 Å². The second-order valence-corrected chi connectivity index (χ2v) is 15.6. The number of carbonyl (C=O) groups is 4. The van der Waals surface area contributed by atoms with Gasteiger partial charge in [0.15, 0.2) is 5.78 Å². The first kappa shape index (κ1) is 39.9. The molecule has 1 aromatic rings. The molecule has 0 radical (unpaired) electrons. The summed E-state index contributed by atoms with van der Waals surface area (Å²) in [7, 11) is 0. The van der Waals surface area contributed by atoms with Crippen molar-refractivity contribution < 1.29 is 19.2 Å². The van der Waals surface area contributed by atoms with Crippen LogP contribution >= 0.6 is 0 Å². The Bertz CT molecular complexity index is 1120. The Morgan fingerprint density at radius 2 is 1.52 bits per heavy atom. The maximum Gasteiger partial charge on any atom is 0.163 e. The van der Waals surface area contributed by atoms with Gasteiger partial charge in [0.25, 0.3) is 0 Å². The molecule has 0 saturated heterocycles. The fourth-order valence-electron chi connectivity index (χ4n) is 7.23. The molecule has 0 bridgehead atoms. The lowest BCUT2D eigenvalue weighted by Gasteiger charge is -2.34. The number of carbonyl (C=O) groups excluding carboxylic acids is 4. The summed E-state index contributed by atoms with van der Waals surface area (Å²) in [5, 5.41) is 0. The second kappa shape index (κ2) is 18.1. The van der Waals surface area contributed by atoms with Crippen molar-refractivity contribution in [2.75, 3.05) is 0 Å². The predicted octanol–water partition coefficient (Wildman–Crippen LogP) is 10.5. The number of Topliss-reactive ketones (excluding diaryl/α,β-unsaturated/α-hetero) is 4. The minimum Gasteiger partial charge on any atom is -0.300 e. The molecule has 4 heteroatoms. The SMILES string of the molecule is CCC.CCCC(CC1CC(=O)c2c(C)c(CC(C(=O)CC(C)(C)C)C(C)C)cc(C(C)C)c2C1)C(CC)C(=O)CC(C)=O. The largest absolute Gasteiger partial charge is 0.300 e. The molecule has 0 amide bonds. The van der Waals surface area contributed by atoms with Gasteiger partial charge in [0, 0.05) is 30.2 Å². The molecular weight excluding hydrogens is 544 g/mol. The van der Waals surface area contributed by atoms with E-state index in [2.05, 4.69) is 82.2 Å². The Hall–Kier alpha value is -2.10. The maximum absolute atomic E-state index is 13.9. The van der Waals surface area contributed by atoms with E-state index in [1.54, 1.807) is 0 Å². The molecule has 44 heavy (non-hydrogen) atoms. The summed E-state index contributed by atoms with van der Waals surface area (Å²) in [5.74, 6) is 1.22. The van der Waals surface area contributed by atoms with Crippen molar-refractivity contribution in [3.8, 4) is 0 Å². The van der Waals surface area contributed by atoms with Crippen LogP contribution in [-0.2, 0) is 27.2 Å². The van der Waals surface area contributed by atoms with E-state index in [9.17, 15) is 19.2 Å². The minimum atomic E-state index is -0.123. The van der Waals surface area contributed by atoms with Crippen molar-refractivity contribution >= 4 is 23.1 Å². The number of hydrogen-bond donors (Lipinski definition) is 0. The predicted molar refractivity (Wildman–Crippen MR) is 186 cm³/mol. The highest BCUT2D eigenvalue weighted by Crippen LogP contribution is 2.41. The molecular formula is C40H66O4. The highest BCUT2D eigenvalue weighted by Gasteiger charge is 2.35. The van der Waals surface area contributed by atoms with E-state index in [0.29, 0.717) is 25.0 Å². The van der Waals surface area contributed by atoms with Gasteiger partial charge in [-0.2, -0.15) is 0 Å². The van der Waals surface area contributed by atoms with Gasteiger partial charge >= 0.3 is 0 Å². The fourth-order valence-corrected chi connectivity index (χ4v) is 7.23. The Morgan fingerprint density at radius 3 is 1.98 bits per heavy atom. The van der Waals surface area contributed by atoms with Crippen LogP contribution in [0.25, 0.3) is 0 Å². The fraction of sp³-hybridized carbons (Fsp3) is 0.750. The van der Waals surface area contributed by atoms with Crippen LogP contribution in [0.3, 0.4) is 0 Å². The minimum absolute atomic E-state index is 0.0141. The average molecular weight is 611 g/mol. The number of ketones is 4. The smallest absolute Gasteiger partial charge is 0.163 e. The van der Waals surface area contributed by atoms with Crippen LogP contribution in [0, 0.1) is 41.9 Å². The zero-order chi connectivity index (χ0) is 33.9. The normalized spacial score (nSPS) is 17.1. The van der Waals surface area contributed by atoms with E-state index in [1.165, 1.54) is 24.5 Å². The summed E-state index contributed by atoms with van der Waals surface area (Å²) >= 11 is 0. The van der Waals surface area contributed by atoms with Gasteiger partial charge in [0.2, 0.25) is 0 Å². The Morgan fingerprint density at radius 1 is 0.932 bits per heavy atom. The van der Waals surface area contributed by atoms with E-state index < -0.39 is 0 Å². The van der Waals surface area contributed by atoms with E-state index in [-0.39, 0.29) is 64.7 Å². The summed E-state index contributed by atoms with van der Waals surface area (Å²) < 4.78 is 0. The van der Waals surface area contributed by atoms with Crippen LogP contribution in [0.1, 0.15) is 173 Å². The number of benzene rings is 1. The summed E-state index contributed by atoms with van der Waals surface area (Å²) in [4.78, 5) is 51.9. The average Bonchev–Trinajstić information content (AvgIpc) is 2.87. The zero-order valence-corrected chi connectivity index (χ0v) is 30.7. The van der Waals surface area contributed by atoms with Crippen molar-refractivity contribution in [3.05, 3.63) is 33.9 Å². The van der Waals surface area contributed by atoms with Crippen molar-refractivity contribution in [2.24, 2.45) is 35.0 Å². The van der Waals surface area contributed by atoms with Gasteiger partial charge < -0.3 is 0 Å². The quantitative estimate of drug-likeness (QED) is 0.185. The van der Waals surface area contributed by atoms with E-state index in [4.69, 9.17) is 0 Å². The van der Waals surface area contributed by atoms with Crippen LogP contribution in [0.2, 0.25) is 0 Å². The molecule has 1 aliphatic carbocycles. The van der Waals surface area contributed by atoms with Gasteiger partial charge in [-0.3, -0.25) is 19.2 Å². The van der Waals surface area contributed by atoms with Crippen LogP contribution in [0.5, 0.6) is 0 Å². The molecule has 0 aliphatic heterocycles. The first-order chi connectivity index (χ1) is 20.4. The monoisotopic (exact) mass is 610 g/mol. The van der Waals surface area contributed by atoms with Gasteiger partial charge in [0.05, 0.1) is 6.42 Å². The molecule has 0 fully saturated rings. The van der Waals surface area contributed by atoms with Crippen LogP contribution < -0.4 is 0 Å². The molecule has 0 N–H and O–H groups in total. The van der Waals surface area contributed by atoms with Gasteiger partial charge in [-0.25, -0.2) is 0 Å². The third kappa shape index (κ3) is 11.7. The molecule has 1 aliphatic rings. The summed E-state index contributed by atoms with van der Waals surface area (Å²) in [5.41, 5.74) is 5.45. The number of fused-ring (bicyclic) bond motifs is 1. The van der Waals surface area contributed by atoms with Gasteiger partial charge in [-0.1, -0.05) is 101 Å². The molecule has 0 spiro atoms. The Labute approximate surface area is 270 Å². The molecule has 0 heterocycles. The first-order valence-corrected chi connectivity index (χ1v) is 17.6. The molecule has 250 valence electrons. The molecule has 0 aromatic heterocycles. The summed E-state index contributed by atoms with van der Waals surface area (Å²) in [6.07, 6.45) is 7.35. The summed E-state index contributed by atoms with van der Waals surface area (Å²) in [6, 6.07) is 2.29. The number of rotatable bonds is 15. The number of hydrogen-bond acceptors (Lipinski definition) is 4. The highest BCUT2D eigenvalue weighted by molar-refractivity contribution is 6.01. The van der Waals surface area contributed by atoms with Crippen molar-refractivity contribution in [2.45, 2.75) is 160 Å². The van der Waals surface area contributed by atoms with Crippen LogP contribution in [0.15, 0.2) is 6.07 Å². The summed E-state index contributed by atoms with van der Waals surface area (Å²) in [6.45, 7) is 27.0. The maximum atomic E-state index is 13.9. The lowest BCUT2D eigenvalue weighted by molar-refractivity contribution is -0.130. The van der Waals surface area contributed by atoms with Crippen LogP contribution in [-0.4, -0.2) is 23.1 Å². The molecule has 1 aromatic carbocycles. The standard InChI is InChI=1S/C37H58O4.C3H8/c1-12-14-27(29(13-2)33(39)15-24(7)38)16-26-17-32-30(22(3)4)19-28(25(8)36(32)34(40)18-26)20-31(23(5)6)35(41)21-37(9,10)11;1-3-2/h19,22-23,26-27,29,31H,12-18,20-21H2,1-11H3;3H2,1-2H3. The topological polar surface area (TPSA) is 68.3 Å². The molecule has 4 atom stereocenters. The zero-order valence-electron chi connectivity index (χ0n) is 30.7. The first-order valence-electron chi connectivity index (χ1n) is 17.6. The lowest BCUT2D eigenvalue weighted by Crippen LogP contribution is -2.31. The van der Waals surface area contributed by atoms with E-state index in [1.807, 2.05) is 6.92 Å². The van der Waals surface area contributed by atoms with Gasteiger partial charge in [-0.15, -0.1) is 0 Å². The lowest BCUT2D eigenvalue weighted by atomic mass is 9.69. The molecule has 4 nitrogen and oxygen atoms in total. The second-order valence-electron chi connectivity index (χ2n) is 15.6. The van der Waals surface area contributed by atoms with Crippen LogP contribution in [0.4, 0.5) is 0 Å². The van der Waals surface area contributed by atoms with Crippen molar-refractivity contribution in [1.82, 2.24) is 0 Å².